The van der Waals surface area contributed by atoms with Gasteiger partial charge in [-0.3, -0.25) is 14.2 Å². The van der Waals surface area contributed by atoms with Gasteiger partial charge in [-0.1, -0.05) is 0 Å². The van der Waals surface area contributed by atoms with Crippen LogP contribution >= 0.6 is 0 Å². The highest BCUT2D eigenvalue weighted by molar-refractivity contribution is 5.95. The minimum Gasteiger partial charge on any atom is -0.462 e. The molecule has 3 heterocycles. The summed E-state index contributed by atoms with van der Waals surface area (Å²) < 4.78 is 50.6. The lowest BCUT2D eigenvalue weighted by molar-refractivity contribution is -0.119. The molecule has 1 atom stereocenters. The van der Waals surface area contributed by atoms with Crippen molar-refractivity contribution in [2.75, 3.05) is 24.6 Å². The summed E-state index contributed by atoms with van der Waals surface area (Å²) in [7, 11) is 0. The van der Waals surface area contributed by atoms with Crippen LogP contribution < -0.4 is 15.6 Å². The molecule has 1 fully saturated rings. The smallest absolute Gasteiger partial charge is 0.343 e. The quantitative estimate of drug-likeness (QED) is 0.572. The molecule has 8 nitrogen and oxygen atoms in total. The largest absolute Gasteiger partial charge is 0.462 e. The van der Waals surface area contributed by atoms with Gasteiger partial charge >= 0.3 is 5.97 Å². The van der Waals surface area contributed by atoms with Crippen molar-refractivity contribution in [1.82, 2.24) is 14.9 Å². The third-order valence-electron chi connectivity index (χ3n) is 5.52. The molecule has 34 heavy (non-hydrogen) atoms. The maximum Gasteiger partial charge on any atom is 0.343 e. The number of anilines is 1. The first-order valence-electron chi connectivity index (χ1n) is 10.6. The molecule has 1 amide bonds. The van der Waals surface area contributed by atoms with Crippen molar-refractivity contribution < 1.29 is 27.5 Å². The summed E-state index contributed by atoms with van der Waals surface area (Å²) in [5.74, 6) is -3.90. The van der Waals surface area contributed by atoms with Crippen LogP contribution in [0.25, 0.3) is 16.7 Å². The van der Waals surface area contributed by atoms with Crippen molar-refractivity contribution in [3.05, 3.63) is 63.8 Å². The monoisotopic (exact) mass is 474 g/mol. The van der Waals surface area contributed by atoms with E-state index in [1.165, 1.54) is 17.9 Å². The maximum atomic E-state index is 15.9. The van der Waals surface area contributed by atoms with E-state index < -0.39 is 39.8 Å². The van der Waals surface area contributed by atoms with Crippen LogP contribution in [0.5, 0.6) is 0 Å². The number of fused-ring (bicyclic) bond motifs is 1. The standard InChI is InChI=1S/C23H21F3N4O4/c1-3-34-23(33)16-11-30(18-5-4-13(24)9-27-18)20-15(22(16)32)8-17(25)21(19(20)26)29-7-6-14(10-29)28-12(2)31/h4-5,8-9,11,14H,3,6-7,10H2,1-2H3,(H,28,31). The molecule has 178 valence electrons. The normalized spacial score (nSPS) is 15.6. The number of hydrogen-bond donors (Lipinski definition) is 1. The van der Waals surface area contributed by atoms with Gasteiger partial charge in [0, 0.05) is 32.3 Å². The lowest BCUT2D eigenvalue weighted by Gasteiger charge is -2.22. The number of amides is 1. The third-order valence-corrected chi connectivity index (χ3v) is 5.52. The number of carbonyl (C=O) groups excluding carboxylic acids is 2. The molecule has 0 radical (unpaired) electrons. The van der Waals surface area contributed by atoms with E-state index in [0.29, 0.717) is 6.42 Å². The van der Waals surface area contributed by atoms with Gasteiger partial charge < -0.3 is 15.0 Å². The van der Waals surface area contributed by atoms with E-state index in [4.69, 9.17) is 4.74 Å². The zero-order valence-electron chi connectivity index (χ0n) is 18.4. The molecule has 2 aromatic heterocycles. The van der Waals surface area contributed by atoms with Gasteiger partial charge in [-0.2, -0.15) is 0 Å². The van der Waals surface area contributed by atoms with Crippen molar-refractivity contribution in [2.24, 2.45) is 0 Å². The van der Waals surface area contributed by atoms with Crippen LogP contribution in [0.4, 0.5) is 18.9 Å². The Balaban J connectivity index is 1.95. The van der Waals surface area contributed by atoms with E-state index in [-0.39, 0.29) is 48.7 Å². The van der Waals surface area contributed by atoms with Gasteiger partial charge in [0.15, 0.2) is 5.82 Å². The maximum absolute atomic E-state index is 15.9. The minimum absolute atomic E-state index is 0.00551. The van der Waals surface area contributed by atoms with Gasteiger partial charge in [0.05, 0.1) is 23.7 Å². The Morgan fingerprint density at radius 3 is 2.68 bits per heavy atom. The Bertz CT molecular complexity index is 1340. The van der Waals surface area contributed by atoms with E-state index in [0.717, 1.165) is 29.1 Å². The minimum atomic E-state index is -1.04. The molecule has 3 aromatic rings. The van der Waals surface area contributed by atoms with E-state index in [1.54, 1.807) is 6.92 Å². The van der Waals surface area contributed by atoms with Crippen molar-refractivity contribution in [3.63, 3.8) is 0 Å². The first-order chi connectivity index (χ1) is 16.2. The molecule has 1 N–H and O–H groups in total. The van der Waals surface area contributed by atoms with Crippen LogP contribution in [0, 0.1) is 17.5 Å². The highest BCUT2D eigenvalue weighted by Crippen LogP contribution is 2.33. The number of esters is 1. The Morgan fingerprint density at radius 1 is 1.26 bits per heavy atom. The summed E-state index contributed by atoms with van der Waals surface area (Å²) in [6.45, 7) is 3.32. The topological polar surface area (TPSA) is 93.5 Å². The molecule has 11 heteroatoms. The van der Waals surface area contributed by atoms with Crippen LogP contribution in [-0.2, 0) is 9.53 Å². The first-order valence-corrected chi connectivity index (χ1v) is 10.6. The fourth-order valence-electron chi connectivity index (χ4n) is 4.11. The molecular formula is C23H21F3N4O4. The number of pyridine rings is 2. The molecule has 1 unspecified atom stereocenters. The number of ether oxygens (including phenoxy) is 1. The molecule has 0 aliphatic carbocycles. The highest BCUT2D eigenvalue weighted by atomic mass is 19.1. The molecular weight excluding hydrogens is 453 g/mol. The van der Waals surface area contributed by atoms with E-state index in [9.17, 15) is 18.8 Å². The Morgan fingerprint density at radius 2 is 2.03 bits per heavy atom. The summed E-state index contributed by atoms with van der Waals surface area (Å²) in [6.07, 6.45) is 2.42. The van der Waals surface area contributed by atoms with Crippen molar-refractivity contribution in [2.45, 2.75) is 26.3 Å². The molecule has 1 aliphatic heterocycles. The molecule has 4 rings (SSSR count). The zero-order valence-corrected chi connectivity index (χ0v) is 18.4. The van der Waals surface area contributed by atoms with Gasteiger partial charge in [0.1, 0.15) is 28.7 Å². The van der Waals surface area contributed by atoms with Gasteiger partial charge in [-0.15, -0.1) is 0 Å². The van der Waals surface area contributed by atoms with Crippen LogP contribution in [-0.4, -0.2) is 47.2 Å². The zero-order chi connectivity index (χ0) is 24.6. The SMILES string of the molecule is CCOC(=O)c1cn(-c2ccc(F)cn2)c2c(F)c(N3CCC(NC(C)=O)C3)c(F)cc2c1=O. The highest BCUT2D eigenvalue weighted by Gasteiger charge is 2.30. The average molecular weight is 474 g/mol. The first kappa shape index (κ1) is 23.3. The van der Waals surface area contributed by atoms with E-state index >= 15 is 8.78 Å². The fraction of sp³-hybridized carbons (Fsp3) is 0.304. The number of rotatable bonds is 5. The number of carbonyl (C=O) groups is 2. The van der Waals surface area contributed by atoms with Gasteiger partial charge in [-0.05, 0) is 31.5 Å². The third kappa shape index (κ3) is 4.20. The van der Waals surface area contributed by atoms with Gasteiger partial charge in [0.25, 0.3) is 0 Å². The summed E-state index contributed by atoms with van der Waals surface area (Å²) in [6, 6.07) is 2.89. The summed E-state index contributed by atoms with van der Waals surface area (Å²) in [5.41, 5.74) is -2.05. The Kier molecular flexibility index (Phi) is 6.27. The molecule has 0 bridgehead atoms. The average Bonchev–Trinajstić information content (AvgIpc) is 3.22. The van der Waals surface area contributed by atoms with Gasteiger partial charge in [-0.25, -0.2) is 22.9 Å². The predicted molar refractivity (Wildman–Crippen MR) is 118 cm³/mol. The Labute approximate surface area is 192 Å². The van der Waals surface area contributed by atoms with Crippen LogP contribution in [0.15, 0.2) is 35.4 Å². The second-order valence-electron chi connectivity index (χ2n) is 7.85. The lowest BCUT2D eigenvalue weighted by Crippen LogP contribution is -2.36. The number of aromatic nitrogens is 2. The molecule has 1 aliphatic rings. The number of hydrogen-bond acceptors (Lipinski definition) is 6. The van der Waals surface area contributed by atoms with Crippen LogP contribution in [0.3, 0.4) is 0 Å². The summed E-state index contributed by atoms with van der Waals surface area (Å²) in [5, 5.41) is 2.33. The van der Waals surface area contributed by atoms with Crippen LogP contribution in [0.2, 0.25) is 0 Å². The van der Waals surface area contributed by atoms with E-state index in [2.05, 4.69) is 10.3 Å². The Hall–Kier alpha value is -3.89. The van der Waals surface area contributed by atoms with E-state index in [1.807, 2.05) is 0 Å². The number of halogens is 3. The molecule has 1 aromatic carbocycles. The number of nitrogens with one attached hydrogen (secondary N) is 1. The summed E-state index contributed by atoms with van der Waals surface area (Å²) in [4.78, 5) is 42.1. The predicted octanol–water partition coefficient (Wildman–Crippen LogP) is 2.69. The van der Waals surface area contributed by atoms with Crippen molar-refractivity contribution >= 4 is 28.5 Å². The second-order valence-corrected chi connectivity index (χ2v) is 7.85. The summed E-state index contributed by atoms with van der Waals surface area (Å²) >= 11 is 0. The molecule has 0 saturated carbocycles. The van der Waals surface area contributed by atoms with Gasteiger partial charge in [0.2, 0.25) is 11.3 Å². The van der Waals surface area contributed by atoms with Crippen LogP contribution in [0.1, 0.15) is 30.6 Å². The van der Waals surface area contributed by atoms with Crippen molar-refractivity contribution in [3.8, 4) is 5.82 Å². The van der Waals surface area contributed by atoms with Crippen molar-refractivity contribution in [1.29, 1.82) is 0 Å². The molecule has 1 saturated heterocycles. The lowest BCUT2D eigenvalue weighted by atomic mass is 10.1. The second kappa shape index (κ2) is 9.16. The molecule has 0 spiro atoms. The number of benzene rings is 1. The fourth-order valence-corrected chi connectivity index (χ4v) is 4.11. The number of nitrogens with zero attached hydrogens (tertiary/aromatic N) is 3.